The van der Waals surface area contributed by atoms with Crippen LogP contribution in [0.1, 0.15) is 24.2 Å². The number of amides is 1. The minimum atomic E-state index is -0.509. The highest BCUT2D eigenvalue weighted by Crippen LogP contribution is 2.30. The number of aryl methyl sites for hydroxylation is 1. The molecule has 1 aromatic carbocycles. The summed E-state index contributed by atoms with van der Waals surface area (Å²) in [6.45, 7) is 3.99. The highest BCUT2D eigenvalue weighted by Gasteiger charge is 2.18. The number of thioether (sulfide) groups is 1. The summed E-state index contributed by atoms with van der Waals surface area (Å²) in [6, 6.07) is 4.32. The molecule has 0 radical (unpaired) electrons. The molecular formula is C14H16N4O3S. The molecule has 0 bridgehead atoms. The predicted molar refractivity (Wildman–Crippen MR) is 85.3 cm³/mol. The topological polar surface area (TPSA) is 90.1 Å². The second-order valence-corrected chi connectivity index (χ2v) is 6.58. The number of benzene rings is 1. The Morgan fingerprint density at radius 3 is 2.73 bits per heavy atom. The molecule has 0 saturated carbocycles. The van der Waals surface area contributed by atoms with Gasteiger partial charge in [0.05, 0.1) is 22.4 Å². The van der Waals surface area contributed by atoms with E-state index in [1.165, 1.54) is 30.1 Å². The first kappa shape index (κ1) is 16.0. The molecule has 1 heterocycles. The van der Waals surface area contributed by atoms with Gasteiger partial charge in [0.15, 0.2) is 0 Å². The number of aromatic nitrogens is 2. The van der Waals surface area contributed by atoms with Crippen molar-refractivity contribution in [3.8, 4) is 0 Å². The van der Waals surface area contributed by atoms with Crippen molar-refractivity contribution in [2.75, 3.05) is 5.32 Å². The SMILES string of the molecule is CC(C)Sc1ccc([N+](=O)[O-])cc1C(=O)Nc1cnn(C)c1. The van der Waals surface area contributed by atoms with Crippen molar-refractivity contribution < 1.29 is 9.72 Å². The summed E-state index contributed by atoms with van der Waals surface area (Å²) in [7, 11) is 1.74. The Morgan fingerprint density at radius 2 is 2.18 bits per heavy atom. The lowest BCUT2D eigenvalue weighted by Gasteiger charge is -2.11. The van der Waals surface area contributed by atoms with Gasteiger partial charge in [0, 0.05) is 35.5 Å². The van der Waals surface area contributed by atoms with E-state index in [1.54, 1.807) is 24.0 Å². The van der Waals surface area contributed by atoms with Crippen LogP contribution in [0, 0.1) is 10.1 Å². The van der Waals surface area contributed by atoms with Gasteiger partial charge in [-0.3, -0.25) is 19.6 Å². The standard InChI is InChI=1S/C14H16N4O3S/c1-9(2)22-13-5-4-11(18(20)21)6-12(13)14(19)16-10-7-15-17(3)8-10/h4-9H,1-3H3,(H,16,19). The second kappa shape index (κ2) is 6.61. The van der Waals surface area contributed by atoms with Crippen molar-refractivity contribution in [3.63, 3.8) is 0 Å². The van der Waals surface area contributed by atoms with Crippen molar-refractivity contribution in [2.45, 2.75) is 24.0 Å². The van der Waals surface area contributed by atoms with Gasteiger partial charge in [-0.1, -0.05) is 13.8 Å². The van der Waals surface area contributed by atoms with E-state index in [4.69, 9.17) is 0 Å². The molecular weight excluding hydrogens is 304 g/mol. The molecule has 2 rings (SSSR count). The van der Waals surface area contributed by atoms with E-state index in [-0.39, 0.29) is 22.4 Å². The zero-order chi connectivity index (χ0) is 16.3. The van der Waals surface area contributed by atoms with Crippen LogP contribution in [0.25, 0.3) is 0 Å². The van der Waals surface area contributed by atoms with Gasteiger partial charge in [-0.15, -0.1) is 11.8 Å². The molecule has 1 aromatic heterocycles. The van der Waals surface area contributed by atoms with Crippen LogP contribution in [-0.2, 0) is 7.05 Å². The van der Waals surface area contributed by atoms with Crippen LogP contribution >= 0.6 is 11.8 Å². The first-order valence-corrected chi connectivity index (χ1v) is 7.50. The predicted octanol–water partition coefficient (Wildman–Crippen LogP) is 3.08. The van der Waals surface area contributed by atoms with Crippen LogP contribution in [0.15, 0.2) is 35.5 Å². The number of rotatable bonds is 5. The van der Waals surface area contributed by atoms with Crippen LogP contribution in [0.4, 0.5) is 11.4 Å². The molecule has 0 aliphatic carbocycles. The van der Waals surface area contributed by atoms with Crippen molar-refractivity contribution in [3.05, 3.63) is 46.3 Å². The lowest BCUT2D eigenvalue weighted by molar-refractivity contribution is -0.384. The fraction of sp³-hybridized carbons (Fsp3) is 0.286. The summed E-state index contributed by atoms with van der Waals surface area (Å²) in [5.41, 5.74) is 0.723. The van der Waals surface area contributed by atoms with Crippen molar-refractivity contribution in [1.29, 1.82) is 0 Å². The molecule has 2 aromatic rings. The van der Waals surface area contributed by atoms with E-state index < -0.39 is 4.92 Å². The number of hydrogen-bond acceptors (Lipinski definition) is 5. The molecule has 22 heavy (non-hydrogen) atoms. The molecule has 0 aliphatic rings. The lowest BCUT2D eigenvalue weighted by Crippen LogP contribution is -2.13. The van der Waals surface area contributed by atoms with Gasteiger partial charge in [0.25, 0.3) is 11.6 Å². The van der Waals surface area contributed by atoms with Gasteiger partial charge in [-0.05, 0) is 6.07 Å². The van der Waals surface area contributed by atoms with Crippen LogP contribution < -0.4 is 5.32 Å². The largest absolute Gasteiger partial charge is 0.319 e. The van der Waals surface area contributed by atoms with Gasteiger partial charge in [0.2, 0.25) is 0 Å². The Labute approximate surface area is 131 Å². The summed E-state index contributed by atoms with van der Waals surface area (Å²) in [6.07, 6.45) is 3.18. The zero-order valence-corrected chi connectivity index (χ0v) is 13.3. The molecule has 0 atom stereocenters. The number of carbonyl (C=O) groups is 1. The van der Waals surface area contributed by atoms with Gasteiger partial charge < -0.3 is 5.32 Å². The maximum Gasteiger partial charge on any atom is 0.270 e. The molecule has 0 fully saturated rings. The molecule has 1 N–H and O–H groups in total. The number of anilines is 1. The molecule has 0 spiro atoms. The molecule has 1 amide bonds. The van der Waals surface area contributed by atoms with E-state index in [1.807, 2.05) is 13.8 Å². The zero-order valence-electron chi connectivity index (χ0n) is 12.4. The summed E-state index contributed by atoms with van der Waals surface area (Å²) in [4.78, 5) is 23.5. The first-order valence-electron chi connectivity index (χ1n) is 6.62. The maximum atomic E-state index is 12.4. The van der Waals surface area contributed by atoms with E-state index in [2.05, 4.69) is 10.4 Å². The maximum absolute atomic E-state index is 12.4. The number of nitro benzene ring substituents is 1. The Hall–Kier alpha value is -2.35. The number of nitrogens with one attached hydrogen (secondary N) is 1. The highest BCUT2D eigenvalue weighted by molar-refractivity contribution is 8.00. The number of carbonyl (C=O) groups excluding carboxylic acids is 1. The number of nitrogens with zero attached hydrogens (tertiary/aromatic N) is 3. The summed E-state index contributed by atoms with van der Waals surface area (Å²) >= 11 is 1.49. The third-order valence-corrected chi connectivity index (χ3v) is 3.83. The van der Waals surface area contributed by atoms with Crippen LogP contribution in [0.3, 0.4) is 0 Å². The molecule has 116 valence electrons. The minimum absolute atomic E-state index is 0.107. The average molecular weight is 320 g/mol. The smallest absolute Gasteiger partial charge is 0.270 e. The van der Waals surface area contributed by atoms with E-state index in [0.717, 1.165) is 0 Å². The van der Waals surface area contributed by atoms with Crippen molar-refractivity contribution in [1.82, 2.24) is 9.78 Å². The fourth-order valence-electron chi connectivity index (χ4n) is 1.85. The Kier molecular flexibility index (Phi) is 4.81. The third-order valence-electron chi connectivity index (χ3n) is 2.74. The molecule has 7 nitrogen and oxygen atoms in total. The Morgan fingerprint density at radius 1 is 1.45 bits per heavy atom. The monoisotopic (exact) mass is 320 g/mol. The normalized spacial score (nSPS) is 10.7. The second-order valence-electron chi connectivity index (χ2n) is 4.96. The third kappa shape index (κ3) is 3.85. The molecule has 0 aliphatic heterocycles. The average Bonchev–Trinajstić information content (AvgIpc) is 2.83. The molecule has 8 heteroatoms. The number of non-ortho nitro benzene ring substituents is 1. The molecule has 0 unspecified atom stereocenters. The van der Waals surface area contributed by atoms with E-state index in [9.17, 15) is 14.9 Å². The summed E-state index contributed by atoms with van der Waals surface area (Å²) in [5.74, 6) is -0.389. The Balaban J connectivity index is 2.34. The summed E-state index contributed by atoms with van der Waals surface area (Å²) in [5, 5.41) is 17.8. The van der Waals surface area contributed by atoms with Gasteiger partial charge >= 0.3 is 0 Å². The highest BCUT2D eigenvalue weighted by atomic mass is 32.2. The summed E-state index contributed by atoms with van der Waals surface area (Å²) < 4.78 is 1.56. The first-order chi connectivity index (χ1) is 10.4. The van der Waals surface area contributed by atoms with Gasteiger partial charge in [-0.2, -0.15) is 5.10 Å². The minimum Gasteiger partial charge on any atom is -0.319 e. The van der Waals surface area contributed by atoms with Crippen molar-refractivity contribution >= 4 is 29.0 Å². The fourth-order valence-corrected chi connectivity index (χ4v) is 2.78. The lowest BCUT2D eigenvalue weighted by atomic mass is 10.2. The Bertz CT molecular complexity index is 712. The van der Waals surface area contributed by atoms with E-state index in [0.29, 0.717) is 10.6 Å². The number of nitro groups is 1. The van der Waals surface area contributed by atoms with E-state index >= 15 is 0 Å². The number of hydrogen-bond donors (Lipinski definition) is 1. The van der Waals surface area contributed by atoms with Gasteiger partial charge in [-0.25, -0.2) is 0 Å². The van der Waals surface area contributed by atoms with Crippen LogP contribution in [0.2, 0.25) is 0 Å². The van der Waals surface area contributed by atoms with Crippen molar-refractivity contribution in [2.24, 2.45) is 7.05 Å². The van der Waals surface area contributed by atoms with Crippen LogP contribution in [0.5, 0.6) is 0 Å². The quantitative estimate of drug-likeness (QED) is 0.519. The van der Waals surface area contributed by atoms with Gasteiger partial charge in [0.1, 0.15) is 0 Å². The van der Waals surface area contributed by atoms with Crippen LogP contribution in [-0.4, -0.2) is 25.9 Å². The molecule has 0 saturated heterocycles.